The molecule has 0 bridgehead atoms. The summed E-state index contributed by atoms with van der Waals surface area (Å²) in [5, 5.41) is 20.6. The molecular formula is C85H140O16P2. The molecule has 0 radical (unpaired) electrons. The predicted octanol–water partition coefficient (Wildman–Crippen LogP) is 23.2. The lowest BCUT2D eigenvalue weighted by Crippen LogP contribution is -2.30. The number of carbonyl (C=O) groups is 3. The monoisotopic (exact) mass is 1480 g/mol. The highest BCUT2D eigenvalue weighted by atomic mass is 31.2. The van der Waals surface area contributed by atoms with Crippen LogP contribution in [0.1, 0.15) is 290 Å². The molecule has 0 aromatic carbocycles. The molecule has 0 aromatic heterocycles. The molecule has 0 fully saturated rings. The molecule has 0 saturated carbocycles. The number of rotatable bonds is 73. The van der Waals surface area contributed by atoms with Crippen LogP contribution in [0, 0.1) is 0 Å². The van der Waals surface area contributed by atoms with Gasteiger partial charge < -0.3 is 34.2 Å². The van der Waals surface area contributed by atoms with Crippen LogP contribution < -0.4 is 0 Å². The SMILES string of the molecule is CC/C=C\C/C=C\C/C=C\C/C=C\C/C=C\C/C=C\CCCCCCC(=O)OCC(COP(=O)(O)OCC(O)COP(=O)(O)OCC(O)COC(=O)CCCCCCCCCCCCC/C=C\C/C=C\C/C=C\C/C=C\CCCCC)OC(=O)CCCCCC/C=C\C/C=C\C/C=C\C/C=C\CC. The van der Waals surface area contributed by atoms with E-state index in [4.69, 9.17) is 32.3 Å². The van der Waals surface area contributed by atoms with Crippen LogP contribution in [0.4, 0.5) is 0 Å². The second kappa shape index (κ2) is 76.6. The minimum Gasteiger partial charge on any atom is -0.463 e. The minimum atomic E-state index is -4.95. The summed E-state index contributed by atoms with van der Waals surface area (Å²) in [6, 6.07) is 0. The topological polar surface area (TPSA) is 231 Å². The average Bonchev–Trinajstić information content (AvgIpc) is 0.918. The van der Waals surface area contributed by atoms with E-state index in [-0.39, 0.29) is 19.3 Å². The van der Waals surface area contributed by atoms with Crippen LogP contribution in [0.15, 0.2) is 170 Å². The number of aliphatic hydroxyl groups excluding tert-OH is 2. The Morgan fingerprint density at radius 1 is 0.282 bits per heavy atom. The van der Waals surface area contributed by atoms with Gasteiger partial charge in [0, 0.05) is 19.3 Å². The third-order valence-electron chi connectivity index (χ3n) is 15.9. The van der Waals surface area contributed by atoms with Crippen LogP contribution in [-0.4, -0.2) is 95.9 Å². The van der Waals surface area contributed by atoms with Gasteiger partial charge in [-0.1, -0.05) is 287 Å². The van der Waals surface area contributed by atoms with Crippen molar-refractivity contribution in [3.63, 3.8) is 0 Å². The van der Waals surface area contributed by atoms with Crippen LogP contribution in [0.5, 0.6) is 0 Å². The maximum Gasteiger partial charge on any atom is 0.472 e. The van der Waals surface area contributed by atoms with E-state index in [2.05, 4.69) is 191 Å². The lowest BCUT2D eigenvalue weighted by atomic mass is 10.0. The first-order valence-corrected chi connectivity index (χ1v) is 42.4. The van der Waals surface area contributed by atoms with Gasteiger partial charge in [0.25, 0.3) is 0 Å². The third kappa shape index (κ3) is 77.8. The molecule has 103 heavy (non-hydrogen) atoms. The fraction of sp³-hybridized carbons (Fsp3) is 0.635. The van der Waals surface area contributed by atoms with Crippen molar-refractivity contribution >= 4 is 33.6 Å². The molecule has 0 saturated heterocycles. The summed E-state index contributed by atoms with van der Waals surface area (Å²) in [7, 11) is -9.82. The van der Waals surface area contributed by atoms with Crippen molar-refractivity contribution in [3.8, 4) is 0 Å². The first kappa shape index (κ1) is 97.9. The Morgan fingerprint density at radius 2 is 0.515 bits per heavy atom. The number of unbranched alkanes of at least 4 members (excludes halogenated alkanes) is 22. The van der Waals surface area contributed by atoms with E-state index < -0.39 is 91.5 Å². The summed E-state index contributed by atoms with van der Waals surface area (Å²) < 4.78 is 61.1. The van der Waals surface area contributed by atoms with Crippen LogP contribution >= 0.6 is 15.6 Å². The Kier molecular flexibility index (Phi) is 72.8. The first-order chi connectivity index (χ1) is 50.2. The second-order valence-electron chi connectivity index (χ2n) is 25.7. The standard InChI is InChI=1S/C85H140O16P2/c1-4-7-10-13-16-19-22-25-28-31-33-35-37-38-39-40-42-44-45-48-50-53-56-59-62-65-68-71-83(88)95-74-80(86)75-97-102(91,92)98-76-81(87)77-99-103(93,94)100-79-82(101-85(90)73-70-67-64-61-58-55-52-47-30-27-24-21-18-15-12-9-6-3)78-96-84(89)72-69-66-63-60-57-54-51-49-46-43-41-36-34-32-29-26-23-20-17-14-11-8-5-2/h8-9,11-12,16-21,25-30,33-36,38-39,43,46,51-52,54-55,80-82,86-87H,4-7,10,13-15,22-24,31-32,37,40-42,44-45,47-50,53,56-79H2,1-3H3,(H,91,92)(H,93,94)/b11-8-,12-9-,19-16-,20-17-,21-18-,28-25-,29-26-,30-27-,35-33-,36-34-,39-38-,46-43-,54-51-,55-52-. The quantitative estimate of drug-likeness (QED) is 0.0146. The molecule has 0 spiro atoms. The molecule has 4 N–H and O–H groups in total. The molecule has 0 aromatic rings. The highest BCUT2D eigenvalue weighted by Gasteiger charge is 2.29. The number of allylic oxidation sites excluding steroid dienone is 28. The van der Waals surface area contributed by atoms with Gasteiger partial charge in [0.1, 0.15) is 25.4 Å². The van der Waals surface area contributed by atoms with E-state index in [0.717, 1.165) is 161 Å². The zero-order valence-electron chi connectivity index (χ0n) is 63.9. The molecule has 0 amide bonds. The van der Waals surface area contributed by atoms with Crippen molar-refractivity contribution in [2.75, 3.05) is 39.6 Å². The largest absolute Gasteiger partial charge is 0.472 e. The Balaban J connectivity index is 4.66. The van der Waals surface area contributed by atoms with Crippen LogP contribution in [0.25, 0.3) is 0 Å². The summed E-state index contributed by atoms with van der Waals surface area (Å²) in [4.78, 5) is 58.7. The van der Waals surface area contributed by atoms with Crippen molar-refractivity contribution in [2.24, 2.45) is 0 Å². The summed E-state index contributed by atoms with van der Waals surface area (Å²) in [5.74, 6) is -1.64. The molecule has 0 rings (SSSR count). The van der Waals surface area contributed by atoms with Gasteiger partial charge >= 0.3 is 33.6 Å². The number of phosphoric ester groups is 2. The van der Waals surface area contributed by atoms with E-state index >= 15 is 0 Å². The Bertz CT molecular complexity index is 2550. The molecule has 5 unspecified atom stereocenters. The van der Waals surface area contributed by atoms with Gasteiger partial charge in [-0.3, -0.25) is 32.5 Å². The van der Waals surface area contributed by atoms with Crippen molar-refractivity contribution < 1.29 is 75.8 Å². The lowest BCUT2D eigenvalue weighted by molar-refractivity contribution is -0.161. The molecule has 0 aliphatic heterocycles. The van der Waals surface area contributed by atoms with Crippen molar-refractivity contribution in [2.45, 2.75) is 309 Å². The molecule has 16 nitrogen and oxygen atoms in total. The fourth-order valence-corrected chi connectivity index (χ4v) is 11.5. The fourth-order valence-electron chi connectivity index (χ4n) is 9.96. The van der Waals surface area contributed by atoms with E-state index in [1.165, 1.54) is 70.6 Å². The number of aliphatic hydroxyl groups is 2. The van der Waals surface area contributed by atoms with Crippen LogP contribution in [0.2, 0.25) is 0 Å². The van der Waals surface area contributed by atoms with Crippen LogP contribution in [0.3, 0.4) is 0 Å². The van der Waals surface area contributed by atoms with Gasteiger partial charge in [0.05, 0.1) is 26.4 Å². The van der Waals surface area contributed by atoms with Crippen molar-refractivity contribution in [1.29, 1.82) is 0 Å². The van der Waals surface area contributed by atoms with Crippen molar-refractivity contribution in [3.05, 3.63) is 170 Å². The molecule has 5 atom stereocenters. The summed E-state index contributed by atoms with van der Waals surface area (Å²) in [6.45, 7) is 2.35. The van der Waals surface area contributed by atoms with Gasteiger partial charge in [-0.25, -0.2) is 9.13 Å². The maximum atomic E-state index is 13.0. The Labute approximate surface area is 624 Å². The van der Waals surface area contributed by atoms with E-state index in [1.54, 1.807) is 0 Å². The van der Waals surface area contributed by atoms with Crippen molar-refractivity contribution in [1.82, 2.24) is 0 Å². The molecule has 18 heteroatoms. The average molecular weight is 1480 g/mol. The van der Waals surface area contributed by atoms with Crippen LogP contribution in [-0.2, 0) is 55.8 Å². The summed E-state index contributed by atoms with van der Waals surface area (Å²) in [6.07, 6.45) is 96.8. The van der Waals surface area contributed by atoms with Gasteiger partial charge in [-0.2, -0.15) is 0 Å². The number of hydrogen-bond acceptors (Lipinski definition) is 14. The Hall–Kier alpha value is -5.09. The molecule has 0 aliphatic rings. The number of phosphoric acid groups is 2. The normalized spacial score (nSPS) is 14.9. The number of carbonyl (C=O) groups excluding carboxylic acids is 3. The maximum absolute atomic E-state index is 13.0. The third-order valence-corrected chi connectivity index (χ3v) is 17.8. The summed E-state index contributed by atoms with van der Waals surface area (Å²) in [5.41, 5.74) is 0. The molecular weight excluding hydrogens is 1340 g/mol. The van der Waals surface area contributed by atoms with Gasteiger partial charge in [0.2, 0.25) is 0 Å². The number of hydrogen-bond donors (Lipinski definition) is 4. The molecule has 0 heterocycles. The highest BCUT2D eigenvalue weighted by Crippen LogP contribution is 2.45. The zero-order valence-corrected chi connectivity index (χ0v) is 65.7. The first-order valence-electron chi connectivity index (χ1n) is 39.4. The smallest absolute Gasteiger partial charge is 0.463 e. The van der Waals surface area contributed by atoms with Gasteiger partial charge in [-0.15, -0.1) is 0 Å². The number of esters is 3. The van der Waals surface area contributed by atoms with E-state index in [0.29, 0.717) is 19.3 Å². The minimum absolute atomic E-state index is 0.0637. The molecule has 586 valence electrons. The van der Waals surface area contributed by atoms with E-state index in [1.807, 2.05) is 0 Å². The lowest BCUT2D eigenvalue weighted by Gasteiger charge is -2.21. The van der Waals surface area contributed by atoms with E-state index in [9.17, 15) is 43.5 Å². The zero-order chi connectivity index (χ0) is 75.2. The van der Waals surface area contributed by atoms with Gasteiger partial charge in [0.15, 0.2) is 6.10 Å². The molecule has 0 aliphatic carbocycles. The predicted molar refractivity (Wildman–Crippen MR) is 426 cm³/mol. The van der Waals surface area contributed by atoms with Gasteiger partial charge in [-0.05, 0) is 154 Å². The number of ether oxygens (including phenoxy) is 3. The Morgan fingerprint density at radius 3 is 0.816 bits per heavy atom. The highest BCUT2D eigenvalue weighted by molar-refractivity contribution is 7.47. The second-order valence-corrected chi connectivity index (χ2v) is 28.7. The summed E-state index contributed by atoms with van der Waals surface area (Å²) >= 11 is 0.